The summed E-state index contributed by atoms with van der Waals surface area (Å²) in [5, 5.41) is 0.220. The van der Waals surface area contributed by atoms with E-state index in [4.69, 9.17) is 11.6 Å². The molecule has 17 heavy (non-hydrogen) atoms. The maximum Gasteiger partial charge on any atom is 0.391 e. The third kappa shape index (κ3) is 2.73. The summed E-state index contributed by atoms with van der Waals surface area (Å²) in [4.78, 5) is 0. The lowest BCUT2D eigenvalue weighted by molar-refractivity contribution is -0.172. The Morgan fingerprint density at radius 2 is 1.88 bits per heavy atom. The van der Waals surface area contributed by atoms with E-state index < -0.39 is 17.9 Å². The number of hydrogen-bond acceptors (Lipinski definition) is 0. The SMILES string of the molecule is Fc1ccc(C2CCC(C(F)(F)F)C2)c(Cl)c1. The van der Waals surface area contributed by atoms with E-state index in [9.17, 15) is 17.6 Å². The van der Waals surface area contributed by atoms with Gasteiger partial charge in [-0.05, 0) is 42.9 Å². The zero-order valence-electron chi connectivity index (χ0n) is 8.90. The van der Waals surface area contributed by atoms with E-state index in [-0.39, 0.29) is 23.8 Å². The van der Waals surface area contributed by atoms with Gasteiger partial charge in [0.15, 0.2) is 0 Å². The second-order valence-electron chi connectivity index (χ2n) is 4.41. The van der Waals surface area contributed by atoms with Gasteiger partial charge in [0.25, 0.3) is 0 Å². The first kappa shape index (κ1) is 12.7. The minimum atomic E-state index is -4.14. The summed E-state index contributed by atoms with van der Waals surface area (Å²) in [6.07, 6.45) is -3.51. The number of benzene rings is 1. The molecule has 94 valence electrons. The van der Waals surface area contributed by atoms with E-state index in [0.717, 1.165) is 6.07 Å². The zero-order chi connectivity index (χ0) is 12.6. The van der Waals surface area contributed by atoms with Gasteiger partial charge in [-0.3, -0.25) is 0 Å². The maximum absolute atomic E-state index is 12.8. The Kier molecular flexibility index (Phi) is 3.34. The lowest BCUT2D eigenvalue weighted by atomic mass is 9.96. The Hall–Kier alpha value is -0.770. The normalized spacial score (nSPS) is 25.2. The number of rotatable bonds is 1. The summed E-state index contributed by atoms with van der Waals surface area (Å²) in [7, 11) is 0. The molecule has 1 fully saturated rings. The van der Waals surface area contributed by atoms with E-state index in [2.05, 4.69) is 0 Å². The predicted molar refractivity (Wildman–Crippen MR) is 57.5 cm³/mol. The van der Waals surface area contributed by atoms with Crippen molar-refractivity contribution in [3.05, 3.63) is 34.6 Å². The van der Waals surface area contributed by atoms with E-state index in [0.29, 0.717) is 12.0 Å². The van der Waals surface area contributed by atoms with Crippen molar-refractivity contribution in [3.8, 4) is 0 Å². The van der Waals surface area contributed by atoms with Gasteiger partial charge < -0.3 is 0 Å². The Morgan fingerprint density at radius 1 is 1.18 bits per heavy atom. The highest BCUT2D eigenvalue weighted by molar-refractivity contribution is 6.31. The molecule has 1 aliphatic carbocycles. The molecule has 0 saturated heterocycles. The molecular formula is C12H11ClF4. The Bertz CT molecular complexity index is 413. The third-order valence-electron chi connectivity index (χ3n) is 3.30. The molecule has 0 N–H and O–H groups in total. The highest BCUT2D eigenvalue weighted by Crippen LogP contribution is 2.47. The standard InChI is InChI=1S/C12H11ClF4/c13-11-6-9(14)3-4-10(11)7-1-2-8(5-7)12(15,16)17/h3-4,6-8H,1-2,5H2. The van der Waals surface area contributed by atoms with Gasteiger partial charge in [-0.2, -0.15) is 13.2 Å². The van der Waals surface area contributed by atoms with Crippen LogP contribution in [-0.4, -0.2) is 6.18 Å². The molecule has 2 rings (SSSR count). The van der Waals surface area contributed by atoms with Gasteiger partial charge in [-0.1, -0.05) is 17.7 Å². The molecule has 1 saturated carbocycles. The molecule has 1 aliphatic rings. The first-order valence-corrected chi connectivity index (χ1v) is 5.77. The molecule has 0 radical (unpaired) electrons. The van der Waals surface area contributed by atoms with Crippen LogP contribution in [0.25, 0.3) is 0 Å². The lowest BCUT2D eigenvalue weighted by Gasteiger charge is -2.15. The van der Waals surface area contributed by atoms with Crippen LogP contribution in [-0.2, 0) is 0 Å². The molecule has 2 atom stereocenters. The summed E-state index contributed by atoms with van der Waals surface area (Å²) < 4.78 is 50.4. The summed E-state index contributed by atoms with van der Waals surface area (Å²) >= 11 is 5.85. The minimum absolute atomic E-state index is 0.0504. The van der Waals surface area contributed by atoms with Crippen LogP contribution in [0, 0.1) is 11.7 Å². The monoisotopic (exact) mass is 266 g/mol. The molecule has 5 heteroatoms. The summed E-state index contributed by atoms with van der Waals surface area (Å²) in [5.74, 6) is -1.94. The number of halogens is 5. The van der Waals surface area contributed by atoms with Gasteiger partial charge in [0.05, 0.1) is 5.92 Å². The quantitative estimate of drug-likeness (QED) is 0.633. The molecule has 1 aromatic carbocycles. The number of alkyl halides is 3. The van der Waals surface area contributed by atoms with Crippen LogP contribution in [0.5, 0.6) is 0 Å². The Morgan fingerprint density at radius 3 is 2.41 bits per heavy atom. The van der Waals surface area contributed by atoms with Crippen LogP contribution in [0.2, 0.25) is 5.02 Å². The highest BCUT2D eigenvalue weighted by atomic mass is 35.5. The average molecular weight is 267 g/mol. The minimum Gasteiger partial charge on any atom is -0.207 e. The smallest absolute Gasteiger partial charge is 0.207 e. The maximum atomic E-state index is 12.8. The fourth-order valence-electron chi connectivity index (χ4n) is 2.39. The zero-order valence-corrected chi connectivity index (χ0v) is 9.65. The summed E-state index contributed by atoms with van der Waals surface area (Å²) in [6, 6.07) is 3.88. The van der Waals surface area contributed by atoms with Gasteiger partial charge in [0, 0.05) is 5.02 Å². The molecule has 0 nitrogen and oxygen atoms in total. The average Bonchev–Trinajstić information content (AvgIpc) is 2.65. The van der Waals surface area contributed by atoms with E-state index in [1.54, 1.807) is 0 Å². The van der Waals surface area contributed by atoms with Crippen molar-refractivity contribution < 1.29 is 17.6 Å². The van der Waals surface area contributed by atoms with Crippen molar-refractivity contribution in [3.63, 3.8) is 0 Å². The summed E-state index contributed by atoms with van der Waals surface area (Å²) in [5.41, 5.74) is 0.625. The number of hydrogen-bond donors (Lipinski definition) is 0. The predicted octanol–water partition coefficient (Wildman–Crippen LogP) is 4.93. The second-order valence-corrected chi connectivity index (χ2v) is 4.82. The van der Waals surface area contributed by atoms with Gasteiger partial charge in [0.1, 0.15) is 5.82 Å². The van der Waals surface area contributed by atoms with Crippen LogP contribution in [0.4, 0.5) is 17.6 Å². The molecule has 0 spiro atoms. The van der Waals surface area contributed by atoms with Crippen LogP contribution < -0.4 is 0 Å². The largest absolute Gasteiger partial charge is 0.391 e. The van der Waals surface area contributed by atoms with Gasteiger partial charge in [-0.15, -0.1) is 0 Å². The first-order valence-electron chi connectivity index (χ1n) is 5.39. The summed E-state index contributed by atoms with van der Waals surface area (Å²) in [6.45, 7) is 0. The lowest BCUT2D eigenvalue weighted by Crippen LogP contribution is -2.19. The Balaban J connectivity index is 2.15. The van der Waals surface area contributed by atoms with Crippen LogP contribution in [0.1, 0.15) is 30.7 Å². The highest BCUT2D eigenvalue weighted by Gasteiger charge is 2.44. The van der Waals surface area contributed by atoms with Crippen molar-refractivity contribution in [2.75, 3.05) is 0 Å². The third-order valence-corrected chi connectivity index (χ3v) is 3.63. The fraction of sp³-hybridized carbons (Fsp3) is 0.500. The van der Waals surface area contributed by atoms with Crippen molar-refractivity contribution in [2.45, 2.75) is 31.4 Å². The second kappa shape index (κ2) is 4.48. The van der Waals surface area contributed by atoms with Crippen molar-refractivity contribution in [2.24, 2.45) is 5.92 Å². The molecule has 0 bridgehead atoms. The van der Waals surface area contributed by atoms with Crippen molar-refractivity contribution >= 4 is 11.6 Å². The molecule has 2 unspecified atom stereocenters. The van der Waals surface area contributed by atoms with Crippen LogP contribution in [0.15, 0.2) is 18.2 Å². The fourth-order valence-corrected chi connectivity index (χ4v) is 2.72. The molecule has 0 aliphatic heterocycles. The van der Waals surface area contributed by atoms with E-state index in [1.165, 1.54) is 12.1 Å². The molecule has 0 heterocycles. The van der Waals surface area contributed by atoms with Gasteiger partial charge in [0.2, 0.25) is 0 Å². The van der Waals surface area contributed by atoms with Crippen molar-refractivity contribution in [1.82, 2.24) is 0 Å². The topological polar surface area (TPSA) is 0 Å². The molecule has 0 amide bonds. The van der Waals surface area contributed by atoms with Gasteiger partial charge in [-0.25, -0.2) is 4.39 Å². The molecule has 1 aromatic rings. The van der Waals surface area contributed by atoms with Crippen LogP contribution in [0.3, 0.4) is 0 Å². The first-order chi connectivity index (χ1) is 7.88. The Labute approximate surface area is 102 Å². The molecule has 0 aromatic heterocycles. The van der Waals surface area contributed by atoms with E-state index in [1.807, 2.05) is 0 Å². The van der Waals surface area contributed by atoms with Gasteiger partial charge >= 0.3 is 6.18 Å². The van der Waals surface area contributed by atoms with Crippen LogP contribution >= 0.6 is 11.6 Å². The van der Waals surface area contributed by atoms with Crippen molar-refractivity contribution in [1.29, 1.82) is 0 Å². The van der Waals surface area contributed by atoms with E-state index >= 15 is 0 Å². The molecular weight excluding hydrogens is 256 g/mol.